The van der Waals surface area contributed by atoms with Crippen LogP contribution in [-0.2, 0) is 15.9 Å². The van der Waals surface area contributed by atoms with Crippen LogP contribution in [0.25, 0.3) is 0 Å². The first-order chi connectivity index (χ1) is 16.5. The van der Waals surface area contributed by atoms with E-state index >= 15 is 0 Å². The highest BCUT2D eigenvalue weighted by molar-refractivity contribution is 5.89. The third-order valence-electron chi connectivity index (χ3n) is 7.65. The first-order valence-electron chi connectivity index (χ1n) is 12.1. The molecule has 0 saturated carbocycles. The number of carbonyl (C=O) groups excluding carboxylic acids is 1. The van der Waals surface area contributed by atoms with Crippen molar-refractivity contribution in [3.05, 3.63) is 101 Å². The minimum atomic E-state index is -0.395. The maximum atomic E-state index is 12.2. The molecular weight excluding hydrogens is 424 g/mol. The molecule has 4 heteroatoms. The molecule has 5 atom stereocenters. The van der Waals surface area contributed by atoms with E-state index in [9.17, 15) is 4.79 Å². The molecule has 0 N–H and O–H groups in total. The number of hydrogen-bond donors (Lipinski definition) is 0. The Hall–Kier alpha value is -3.11. The van der Waals surface area contributed by atoms with Gasteiger partial charge in [-0.25, -0.2) is 4.79 Å². The van der Waals surface area contributed by atoms with Crippen LogP contribution in [0.1, 0.15) is 65.8 Å². The molecule has 1 fully saturated rings. The number of benzene rings is 3. The van der Waals surface area contributed by atoms with Crippen LogP contribution in [-0.4, -0.2) is 24.8 Å². The van der Waals surface area contributed by atoms with Crippen LogP contribution in [0.15, 0.2) is 78.9 Å². The fraction of sp³-hybridized carbons (Fsp3) is 0.367. The SMILES string of the molecule is COC(=O)c1ccc2c(c1)[C@H]1O[C@@H](C)[C@@H](c3ccccc3)C[C@@H]1[C@](C)(CCc1ccccc1)O2. The number of esters is 1. The zero-order chi connectivity index (χ0) is 23.7. The third kappa shape index (κ3) is 4.23. The van der Waals surface area contributed by atoms with Gasteiger partial charge in [-0.05, 0) is 62.4 Å². The van der Waals surface area contributed by atoms with Gasteiger partial charge in [-0.2, -0.15) is 0 Å². The maximum absolute atomic E-state index is 12.2. The molecule has 4 nitrogen and oxygen atoms in total. The van der Waals surface area contributed by atoms with E-state index in [2.05, 4.69) is 68.4 Å². The van der Waals surface area contributed by atoms with E-state index in [1.54, 1.807) is 6.07 Å². The average molecular weight is 457 g/mol. The molecule has 5 rings (SSSR count). The van der Waals surface area contributed by atoms with E-state index in [1.807, 2.05) is 18.2 Å². The average Bonchev–Trinajstić information content (AvgIpc) is 2.88. The van der Waals surface area contributed by atoms with Crippen LogP contribution < -0.4 is 4.74 Å². The van der Waals surface area contributed by atoms with Crippen LogP contribution >= 0.6 is 0 Å². The molecule has 0 amide bonds. The number of methoxy groups -OCH3 is 1. The Morgan fingerprint density at radius 3 is 2.44 bits per heavy atom. The van der Waals surface area contributed by atoms with Crippen LogP contribution in [0.5, 0.6) is 5.75 Å². The normalized spacial score (nSPS) is 27.7. The maximum Gasteiger partial charge on any atom is 0.337 e. The lowest BCUT2D eigenvalue weighted by atomic mass is 9.68. The number of aryl methyl sites for hydroxylation is 1. The second kappa shape index (κ2) is 9.27. The van der Waals surface area contributed by atoms with E-state index in [0.29, 0.717) is 5.56 Å². The van der Waals surface area contributed by atoms with Crippen molar-refractivity contribution in [3.8, 4) is 5.75 Å². The third-order valence-corrected chi connectivity index (χ3v) is 7.65. The van der Waals surface area contributed by atoms with E-state index in [1.165, 1.54) is 18.2 Å². The number of hydrogen-bond acceptors (Lipinski definition) is 4. The molecule has 2 aliphatic rings. The topological polar surface area (TPSA) is 44.8 Å². The minimum Gasteiger partial charge on any atom is -0.487 e. The van der Waals surface area contributed by atoms with Crippen molar-refractivity contribution >= 4 is 5.97 Å². The number of ether oxygens (including phenoxy) is 3. The summed E-state index contributed by atoms with van der Waals surface area (Å²) in [5.41, 5.74) is 3.68. The van der Waals surface area contributed by atoms with Crippen LogP contribution in [0, 0.1) is 5.92 Å². The van der Waals surface area contributed by atoms with E-state index in [4.69, 9.17) is 14.2 Å². The van der Waals surface area contributed by atoms with Gasteiger partial charge in [0.05, 0.1) is 24.9 Å². The molecule has 3 aromatic rings. The van der Waals surface area contributed by atoms with Gasteiger partial charge in [0, 0.05) is 17.4 Å². The lowest BCUT2D eigenvalue weighted by Gasteiger charge is -2.52. The molecule has 0 radical (unpaired) electrons. The van der Waals surface area contributed by atoms with Gasteiger partial charge in [0.15, 0.2) is 0 Å². The first-order valence-corrected chi connectivity index (χ1v) is 12.1. The van der Waals surface area contributed by atoms with Gasteiger partial charge in [0.2, 0.25) is 0 Å². The van der Waals surface area contributed by atoms with Crippen molar-refractivity contribution in [2.45, 2.75) is 56.8 Å². The molecule has 1 saturated heterocycles. The molecule has 0 aliphatic carbocycles. The summed E-state index contributed by atoms with van der Waals surface area (Å²) in [5, 5.41) is 0. The van der Waals surface area contributed by atoms with Crippen molar-refractivity contribution in [2.75, 3.05) is 7.11 Å². The Bertz CT molecular complexity index is 1140. The van der Waals surface area contributed by atoms with Crippen molar-refractivity contribution in [2.24, 2.45) is 5.92 Å². The number of fused-ring (bicyclic) bond motifs is 3. The molecule has 0 spiro atoms. The highest BCUT2D eigenvalue weighted by Gasteiger charge is 2.51. The summed E-state index contributed by atoms with van der Waals surface area (Å²) in [6.45, 7) is 4.39. The second-order valence-electron chi connectivity index (χ2n) is 9.77. The fourth-order valence-corrected chi connectivity index (χ4v) is 5.69. The molecular formula is C30H32O4. The first kappa shape index (κ1) is 22.7. The largest absolute Gasteiger partial charge is 0.487 e. The summed E-state index contributed by atoms with van der Waals surface area (Å²) in [6.07, 6.45) is 2.69. The lowest BCUT2D eigenvalue weighted by molar-refractivity contribution is -0.160. The van der Waals surface area contributed by atoms with Gasteiger partial charge < -0.3 is 14.2 Å². The van der Waals surface area contributed by atoms with Gasteiger partial charge in [-0.3, -0.25) is 0 Å². The van der Waals surface area contributed by atoms with Crippen LogP contribution in [0.3, 0.4) is 0 Å². The summed E-state index contributed by atoms with van der Waals surface area (Å²) in [5.74, 6) is 0.892. The van der Waals surface area contributed by atoms with E-state index in [0.717, 1.165) is 30.6 Å². The Balaban J connectivity index is 1.52. The summed E-state index contributed by atoms with van der Waals surface area (Å²) in [7, 11) is 1.41. The van der Waals surface area contributed by atoms with Crippen molar-refractivity contribution < 1.29 is 19.0 Å². The lowest BCUT2D eigenvalue weighted by Crippen LogP contribution is -2.52. The van der Waals surface area contributed by atoms with Crippen LogP contribution in [0.4, 0.5) is 0 Å². The molecule has 2 aliphatic heterocycles. The zero-order valence-electron chi connectivity index (χ0n) is 20.1. The smallest absolute Gasteiger partial charge is 0.337 e. The quantitative estimate of drug-likeness (QED) is 0.411. The number of rotatable bonds is 5. The fourth-order valence-electron chi connectivity index (χ4n) is 5.69. The molecule has 2 heterocycles. The molecule has 3 aromatic carbocycles. The molecule has 0 unspecified atom stereocenters. The molecule has 34 heavy (non-hydrogen) atoms. The zero-order valence-corrected chi connectivity index (χ0v) is 20.1. The summed E-state index contributed by atoms with van der Waals surface area (Å²) in [4.78, 5) is 12.2. The monoisotopic (exact) mass is 456 g/mol. The van der Waals surface area contributed by atoms with Gasteiger partial charge in [-0.1, -0.05) is 60.7 Å². The van der Waals surface area contributed by atoms with Crippen molar-refractivity contribution in [3.63, 3.8) is 0 Å². The van der Waals surface area contributed by atoms with Crippen molar-refractivity contribution in [1.29, 1.82) is 0 Å². The van der Waals surface area contributed by atoms with Gasteiger partial charge >= 0.3 is 5.97 Å². The predicted molar refractivity (Wildman–Crippen MR) is 132 cm³/mol. The van der Waals surface area contributed by atoms with Gasteiger partial charge in [0.25, 0.3) is 0 Å². The Morgan fingerprint density at radius 2 is 1.74 bits per heavy atom. The minimum absolute atomic E-state index is 0.0507. The second-order valence-corrected chi connectivity index (χ2v) is 9.77. The highest BCUT2D eigenvalue weighted by atomic mass is 16.5. The van der Waals surface area contributed by atoms with Gasteiger partial charge in [0.1, 0.15) is 11.4 Å². The Labute approximate surface area is 201 Å². The summed E-state index contributed by atoms with van der Waals surface area (Å²) >= 11 is 0. The van der Waals surface area contributed by atoms with Crippen molar-refractivity contribution in [1.82, 2.24) is 0 Å². The predicted octanol–water partition coefficient (Wildman–Crippen LogP) is 6.51. The summed E-state index contributed by atoms with van der Waals surface area (Å²) in [6, 6.07) is 26.8. The summed E-state index contributed by atoms with van der Waals surface area (Å²) < 4.78 is 18.5. The molecule has 0 aromatic heterocycles. The van der Waals surface area contributed by atoms with Crippen LogP contribution in [0.2, 0.25) is 0 Å². The Kier molecular flexibility index (Phi) is 6.18. The highest BCUT2D eigenvalue weighted by Crippen LogP contribution is 2.55. The Morgan fingerprint density at radius 1 is 1.03 bits per heavy atom. The molecule has 176 valence electrons. The standard InChI is InChI=1S/C30H32O4/c1-20-24(22-12-8-5-9-13-22)19-26-28(33-20)25-18-23(29(31)32-3)14-15-27(25)34-30(26,2)17-16-21-10-6-4-7-11-21/h4-15,18,20,24,26,28H,16-17,19H2,1-3H3/t20-,24-,26-,28+,30-/m0/s1. The van der Waals surface area contributed by atoms with E-state index in [-0.39, 0.29) is 30.0 Å². The van der Waals surface area contributed by atoms with E-state index < -0.39 is 5.60 Å². The van der Waals surface area contributed by atoms with Gasteiger partial charge in [-0.15, -0.1) is 0 Å². The number of carbonyl (C=O) groups is 1. The molecule has 0 bridgehead atoms.